The summed E-state index contributed by atoms with van der Waals surface area (Å²) >= 11 is 1.54. The first-order valence-electron chi connectivity index (χ1n) is 14.4. The summed E-state index contributed by atoms with van der Waals surface area (Å²) in [6.07, 6.45) is 0.224. The second-order valence-electron chi connectivity index (χ2n) is 12.2. The van der Waals surface area contributed by atoms with E-state index in [0.717, 1.165) is 34.7 Å². The predicted molar refractivity (Wildman–Crippen MR) is 159 cm³/mol. The number of aryl methyl sites for hydroxylation is 1. The van der Waals surface area contributed by atoms with Gasteiger partial charge in [-0.3, -0.25) is 14.4 Å². The van der Waals surface area contributed by atoms with Crippen LogP contribution in [-0.4, -0.2) is 83.3 Å². The van der Waals surface area contributed by atoms with Gasteiger partial charge in [0.15, 0.2) is 5.67 Å². The summed E-state index contributed by atoms with van der Waals surface area (Å²) in [6, 6.07) is 3.83. The number of rotatable bonds is 12. The predicted octanol–water partition coefficient (Wildman–Crippen LogP) is 2.72. The lowest BCUT2D eigenvalue weighted by Gasteiger charge is -2.35. The number of thiazole rings is 1. The molecule has 1 saturated carbocycles. The second kappa shape index (κ2) is 13.0. The minimum absolute atomic E-state index is 0.0527. The highest BCUT2D eigenvalue weighted by molar-refractivity contribution is 7.13. The van der Waals surface area contributed by atoms with Crippen molar-refractivity contribution in [3.05, 3.63) is 35.0 Å². The van der Waals surface area contributed by atoms with Crippen molar-refractivity contribution >= 4 is 29.1 Å². The molecule has 1 saturated heterocycles. The zero-order chi connectivity index (χ0) is 30.7. The van der Waals surface area contributed by atoms with E-state index in [2.05, 4.69) is 20.9 Å². The lowest BCUT2D eigenvalue weighted by molar-refractivity contribution is -0.145. The third-order valence-electron chi connectivity index (χ3n) is 7.71. The molecule has 0 spiro atoms. The lowest BCUT2D eigenvalue weighted by Crippen LogP contribution is -2.59. The lowest BCUT2D eigenvalue weighted by atomic mass is 9.85. The van der Waals surface area contributed by atoms with E-state index in [4.69, 9.17) is 4.74 Å². The van der Waals surface area contributed by atoms with E-state index in [0.29, 0.717) is 12.4 Å². The number of nitrogens with zero attached hydrogens (tertiary/aromatic N) is 2. The summed E-state index contributed by atoms with van der Waals surface area (Å²) in [7, 11) is 1.88. The number of carbonyl (C=O) groups excluding carboxylic acids is 3. The van der Waals surface area contributed by atoms with E-state index in [1.165, 1.54) is 4.90 Å². The molecule has 4 N–H and O–H groups in total. The highest BCUT2D eigenvalue weighted by Gasteiger charge is 2.53. The molecule has 12 heteroatoms. The largest absolute Gasteiger partial charge is 0.493 e. The third kappa shape index (κ3) is 7.45. The summed E-state index contributed by atoms with van der Waals surface area (Å²) in [5.74, 6) is -1.11. The van der Waals surface area contributed by atoms with Crippen LogP contribution in [0.15, 0.2) is 23.7 Å². The van der Waals surface area contributed by atoms with Crippen molar-refractivity contribution in [2.75, 3.05) is 26.7 Å². The Morgan fingerprint density at radius 2 is 2.02 bits per heavy atom. The third-order valence-corrected chi connectivity index (χ3v) is 8.68. The molecule has 1 aliphatic heterocycles. The number of ether oxygens (including phenoxy) is 1. The van der Waals surface area contributed by atoms with E-state index in [1.807, 2.05) is 32.2 Å². The number of alkyl halides is 1. The Morgan fingerprint density at radius 3 is 2.64 bits per heavy atom. The van der Waals surface area contributed by atoms with Crippen molar-refractivity contribution < 1.29 is 28.6 Å². The molecule has 0 radical (unpaired) electrons. The number of β-amino-alcohol motifs (C(OH)–C–C–N with tert-alkyl or cyclic N) is 1. The Labute approximate surface area is 250 Å². The quantitative estimate of drug-likeness (QED) is 0.274. The van der Waals surface area contributed by atoms with Crippen LogP contribution in [0.4, 0.5) is 4.39 Å². The van der Waals surface area contributed by atoms with Gasteiger partial charge in [-0.05, 0) is 56.8 Å². The van der Waals surface area contributed by atoms with Gasteiger partial charge in [-0.25, -0.2) is 9.37 Å². The standard InChI is InChI=1S/C30H42FN5O5S/c1-18-24(42-17-34-18)19-7-8-20(23(13-19)41-12-6-11-32-5)15-33-26(38)22-14-21(37)16-36(22)27(39)25(29(2,3)4)35-28(40)30(31)9-10-30/h7-8,13,17,21-22,25,32,37H,6,9-12,14-16H2,1-5H3,(H,33,38)(H,35,40)/t21-,22+,25-/m1/s1. The van der Waals surface area contributed by atoms with Crippen LogP contribution in [0, 0.1) is 12.3 Å². The Kier molecular flexibility index (Phi) is 9.89. The first-order chi connectivity index (χ1) is 19.8. The summed E-state index contributed by atoms with van der Waals surface area (Å²) in [4.78, 5) is 46.3. The molecule has 3 atom stereocenters. The number of aliphatic hydroxyl groups is 1. The summed E-state index contributed by atoms with van der Waals surface area (Å²) in [6.45, 7) is 8.65. The molecule has 1 aromatic carbocycles. The number of likely N-dealkylation sites (tertiary alicyclic amines) is 1. The van der Waals surface area contributed by atoms with Crippen molar-refractivity contribution in [3.8, 4) is 16.2 Å². The van der Waals surface area contributed by atoms with Crippen LogP contribution < -0.4 is 20.7 Å². The van der Waals surface area contributed by atoms with Crippen molar-refractivity contribution in [3.63, 3.8) is 0 Å². The van der Waals surface area contributed by atoms with Gasteiger partial charge in [-0.2, -0.15) is 0 Å². The molecule has 2 aromatic rings. The molecule has 0 unspecified atom stereocenters. The van der Waals surface area contributed by atoms with Gasteiger partial charge in [0.2, 0.25) is 11.8 Å². The molecule has 4 rings (SSSR count). The topological polar surface area (TPSA) is 133 Å². The van der Waals surface area contributed by atoms with Gasteiger partial charge in [0.25, 0.3) is 5.91 Å². The van der Waals surface area contributed by atoms with Crippen molar-refractivity contribution in [2.24, 2.45) is 5.41 Å². The Hall–Kier alpha value is -3.09. The van der Waals surface area contributed by atoms with E-state index in [9.17, 15) is 23.9 Å². The van der Waals surface area contributed by atoms with E-state index >= 15 is 0 Å². The SMILES string of the molecule is CNCCCOc1cc(-c2scnc2C)ccc1CNC(=O)[C@@H]1C[C@@H](O)CN1C(=O)[C@@H](NC(=O)C1(F)CC1)C(C)(C)C. The monoisotopic (exact) mass is 603 g/mol. The molecule has 2 heterocycles. The molecular weight excluding hydrogens is 561 g/mol. The van der Waals surface area contributed by atoms with E-state index in [1.54, 1.807) is 37.6 Å². The molecule has 10 nitrogen and oxygen atoms in total. The number of amides is 3. The molecule has 0 bridgehead atoms. The number of nitrogens with one attached hydrogen (secondary N) is 3. The zero-order valence-corrected chi connectivity index (χ0v) is 25.8. The van der Waals surface area contributed by atoms with Crippen LogP contribution in [0.5, 0.6) is 5.75 Å². The van der Waals surface area contributed by atoms with E-state index < -0.39 is 47.0 Å². The number of benzene rings is 1. The second-order valence-corrected chi connectivity index (χ2v) is 13.1. The van der Waals surface area contributed by atoms with E-state index in [-0.39, 0.29) is 32.4 Å². The number of halogens is 1. The van der Waals surface area contributed by atoms with Gasteiger partial charge in [0, 0.05) is 25.1 Å². The van der Waals surface area contributed by atoms with Crippen molar-refractivity contribution in [1.82, 2.24) is 25.8 Å². The Bertz CT molecular complexity index is 1290. The van der Waals surface area contributed by atoms with Gasteiger partial charge in [-0.15, -0.1) is 11.3 Å². The van der Waals surface area contributed by atoms with Crippen LogP contribution in [0.2, 0.25) is 0 Å². The fraction of sp³-hybridized carbons (Fsp3) is 0.600. The molecule has 1 aromatic heterocycles. The summed E-state index contributed by atoms with van der Waals surface area (Å²) in [5.41, 5.74) is 1.78. The van der Waals surface area contributed by atoms with Gasteiger partial charge in [0.1, 0.15) is 17.8 Å². The van der Waals surface area contributed by atoms with Gasteiger partial charge >= 0.3 is 0 Å². The van der Waals surface area contributed by atoms with Crippen LogP contribution in [0.3, 0.4) is 0 Å². The summed E-state index contributed by atoms with van der Waals surface area (Å²) in [5, 5.41) is 19.0. The molecule has 230 valence electrons. The average molecular weight is 604 g/mol. The number of hydrogen-bond donors (Lipinski definition) is 4. The zero-order valence-electron chi connectivity index (χ0n) is 25.0. The average Bonchev–Trinajstić information content (AvgIpc) is 3.35. The number of carbonyl (C=O) groups is 3. The summed E-state index contributed by atoms with van der Waals surface area (Å²) < 4.78 is 20.5. The fourth-order valence-electron chi connectivity index (χ4n) is 5.00. The maximum Gasteiger partial charge on any atom is 0.258 e. The maximum atomic E-state index is 14.4. The normalized spacial score (nSPS) is 20.2. The van der Waals surface area contributed by atoms with Crippen molar-refractivity contribution in [2.45, 2.75) is 83.8 Å². The number of hydrogen-bond acceptors (Lipinski definition) is 8. The van der Waals surface area contributed by atoms with Crippen LogP contribution >= 0.6 is 11.3 Å². The fourth-order valence-corrected chi connectivity index (χ4v) is 5.81. The van der Waals surface area contributed by atoms with Gasteiger partial charge in [-0.1, -0.05) is 32.9 Å². The molecule has 2 fully saturated rings. The smallest absolute Gasteiger partial charge is 0.258 e. The number of aromatic nitrogens is 1. The van der Waals surface area contributed by atoms with Crippen LogP contribution in [-0.2, 0) is 20.9 Å². The molecular formula is C30H42FN5O5S. The molecule has 2 aliphatic rings. The Morgan fingerprint density at radius 1 is 1.29 bits per heavy atom. The molecule has 3 amide bonds. The first-order valence-corrected chi connectivity index (χ1v) is 15.3. The van der Waals surface area contributed by atoms with Crippen molar-refractivity contribution in [1.29, 1.82) is 0 Å². The minimum Gasteiger partial charge on any atom is -0.493 e. The maximum absolute atomic E-state index is 14.4. The highest BCUT2D eigenvalue weighted by atomic mass is 32.1. The Balaban J connectivity index is 1.48. The minimum atomic E-state index is -1.94. The highest BCUT2D eigenvalue weighted by Crippen LogP contribution is 2.40. The van der Waals surface area contributed by atoms with Crippen LogP contribution in [0.1, 0.15) is 57.7 Å². The first kappa shape index (κ1) is 31.8. The van der Waals surface area contributed by atoms with Crippen LogP contribution in [0.25, 0.3) is 10.4 Å². The molecule has 42 heavy (non-hydrogen) atoms. The van der Waals surface area contributed by atoms with Gasteiger partial charge in [0.05, 0.1) is 28.8 Å². The van der Waals surface area contributed by atoms with Gasteiger partial charge < -0.3 is 30.7 Å². The molecule has 1 aliphatic carbocycles. The number of aliphatic hydroxyl groups excluding tert-OH is 1.